The molecule has 3 N–H and O–H groups in total. The summed E-state index contributed by atoms with van der Waals surface area (Å²) in [6.45, 7) is 7.25. The lowest BCUT2D eigenvalue weighted by atomic mass is 10.0. The van der Waals surface area contributed by atoms with E-state index in [1.54, 1.807) is 21.6 Å². The fraction of sp³-hybridized carbons (Fsp3) is 0.545. The minimum Gasteiger partial charge on any atom is -0.383 e. The lowest BCUT2D eigenvalue weighted by Gasteiger charge is -2.22. The van der Waals surface area contributed by atoms with Crippen molar-refractivity contribution in [2.75, 3.05) is 18.9 Å². The van der Waals surface area contributed by atoms with Crippen molar-refractivity contribution in [3.8, 4) is 0 Å². The van der Waals surface area contributed by atoms with Gasteiger partial charge in [-0.3, -0.25) is 13.6 Å². The van der Waals surface area contributed by atoms with Gasteiger partial charge in [-0.15, -0.1) is 0 Å². The Hall–Kier alpha value is -1.40. The smallest absolute Gasteiger partial charge is 0.383 e. The first-order chi connectivity index (χ1) is 16.3. The molecule has 2 aromatic rings. The highest BCUT2D eigenvalue weighted by atomic mass is 33.1. The molecule has 9 nitrogen and oxygen atoms in total. The number of alkyl halides is 1. The Balaban J connectivity index is 1.52. The van der Waals surface area contributed by atoms with Crippen LogP contribution in [0, 0.1) is 0 Å². The number of nitrogens with zero attached hydrogens (tertiary/aromatic N) is 2. The average molecular weight is 548 g/mol. The molecular weight excluding hydrogens is 516 g/mol. The van der Waals surface area contributed by atoms with E-state index in [0.717, 1.165) is 15.0 Å². The third-order valence-electron chi connectivity index (χ3n) is 4.97. The molecule has 0 radical (unpaired) electrons. The summed E-state index contributed by atoms with van der Waals surface area (Å²) in [6.07, 6.45) is -0.568. The summed E-state index contributed by atoms with van der Waals surface area (Å²) in [5.74, 6) is 0.0113. The van der Waals surface area contributed by atoms with Crippen LogP contribution in [0.5, 0.6) is 0 Å². The fourth-order valence-corrected chi connectivity index (χ4v) is 6.43. The van der Waals surface area contributed by atoms with Crippen molar-refractivity contribution in [2.24, 2.45) is 0 Å². The quantitative estimate of drug-likeness (QED) is 0.318. The van der Waals surface area contributed by atoms with Crippen molar-refractivity contribution in [3.05, 3.63) is 52.6 Å². The van der Waals surface area contributed by atoms with E-state index in [0.29, 0.717) is 6.42 Å². The molecule has 1 aliphatic rings. The highest BCUT2D eigenvalue weighted by Crippen LogP contribution is 2.47. The number of nitrogen functional groups attached to an aromatic ring is 1. The number of hydrogen-bond acceptors (Lipinski definition) is 9. The maximum Gasteiger partial charge on any atom is 0.472 e. The minimum atomic E-state index is -4.40. The summed E-state index contributed by atoms with van der Waals surface area (Å²) < 4.78 is 44.4. The third kappa shape index (κ3) is 8.31. The Labute approximate surface area is 212 Å². The molecule has 3 rings (SSSR count). The number of hydrogen-bond donors (Lipinski definition) is 2. The number of rotatable bonds is 10. The van der Waals surface area contributed by atoms with E-state index >= 15 is 4.39 Å². The molecule has 0 bridgehead atoms. The molecule has 4 atom stereocenters. The molecule has 0 amide bonds. The molecule has 1 aromatic carbocycles. The Morgan fingerprint density at radius 2 is 2.06 bits per heavy atom. The first-order valence-corrected chi connectivity index (χ1v) is 14.6. The van der Waals surface area contributed by atoms with Crippen LogP contribution in [0.15, 0.2) is 46.2 Å². The van der Waals surface area contributed by atoms with Gasteiger partial charge in [0.15, 0.2) is 11.9 Å². The summed E-state index contributed by atoms with van der Waals surface area (Å²) in [6, 6.07) is 9.15. The Morgan fingerprint density at radius 3 is 2.74 bits per heavy atom. The molecule has 0 aliphatic carbocycles. The van der Waals surface area contributed by atoms with E-state index in [9.17, 15) is 14.3 Å². The summed E-state index contributed by atoms with van der Waals surface area (Å²) >= 11 is 0. The second-order valence-corrected chi connectivity index (χ2v) is 13.8. The van der Waals surface area contributed by atoms with Crippen LogP contribution in [-0.2, 0) is 24.8 Å². The van der Waals surface area contributed by atoms with Crippen LogP contribution in [-0.4, -0.2) is 44.2 Å². The van der Waals surface area contributed by atoms with E-state index in [4.69, 9.17) is 19.5 Å². The fourth-order valence-electron chi connectivity index (χ4n) is 3.42. The number of aromatic nitrogens is 2. The van der Waals surface area contributed by atoms with Gasteiger partial charge in [0.05, 0.1) is 19.3 Å². The second kappa shape index (κ2) is 11.3. The van der Waals surface area contributed by atoms with Crippen molar-refractivity contribution in [3.63, 3.8) is 0 Å². The number of phosphoric acid groups is 1. The zero-order valence-corrected chi connectivity index (χ0v) is 22.6. The van der Waals surface area contributed by atoms with Gasteiger partial charge < -0.3 is 15.4 Å². The second-order valence-electron chi connectivity index (χ2n) is 9.37. The molecule has 1 aromatic heterocycles. The standard InChI is InChI=1S/C22H31FN3O6PS2/c1-21(2,3)35-34-17-8-6-5-7-15(17)10-12-30-33(28,29)31-14-16-13-22(4,23)19(32-16)26-11-9-18(24)25-20(26)27/h5-9,11,16,19H,10,12-14H2,1-4H3,(H,28,29)(H2,24,25,27)/t16-,19+,22+/m0/s1. The molecule has 1 aliphatic heterocycles. The van der Waals surface area contributed by atoms with E-state index in [-0.39, 0.29) is 30.2 Å². The Morgan fingerprint density at radius 1 is 1.34 bits per heavy atom. The highest BCUT2D eigenvalue weighted by molar-refractivity contribution is 8.77. The Bertz CT molecular complexity index is 1130. The molecule has 0 saturated carbocycles. The van der Waals surface area contributed by atoms with Crippen LogP contribution < -0.4 is 11.4 Å². The number of benzene rings is 1. The molecule has 194 valence electrons. The molecule has 13 heteroatoms. The van der Waals surface area contributed by atoms with E-state index in [1.165, 1.54) is 19.2 Å². The largest absolute Gasteiger partial charge is 0.472 e. The van der Waals surface area contributed by atoms with Crippen molar-refractivity contribution >= 4 is 35.2 Å². The zero-order chi connectivity index (χ0) is 25.9. The van der Waals surface area contributed by atoms with Gasteiger partial charge in [-0.1, -0.05) is 60.6 Å². The van der Waals surface area contributed by atoms with Gasteiger partial charge in [0, 0.05) is 22.3 Å². The van der Waals surface area contributed by atoms with Crippen molar-refractivity contribution in [1.29, 1.82) is 0 Å². The highest BCUT2D eigenvalue weighted by Gasteiger charge is 2.48. The summed E-state index contributed by atoms with van der Waals surface area (Å²) in [7, 11) is -1.02. The number of ether oxygens (including phenoxy) is 1. The van der Waals surface area contributed by atoms with Crippen LogP contribution in [0.25, 0.3) is 0 Å². The summed E-state index contributed by atoms with van der Waals surface area (Å²) in [5.41, 5.74) is 3.79. The van der Waals surface area contributed by atoms with Crippen LogP contribution >= 0.6 is 29.4 Å². The zero-order valence-electron chi connectivity index (χ0n) is 20.0. The van der Waals surface area contributed by atoms with Crippen LogP contribution in [0.3, 0.4) is 0 Å². The maximum absolute atomic E-state index is 15.1. The molecule has 1 unspecified atom stereocenters. The van der Waals surface area contributed by atoms with Crippen molar-refractivity contribution in [2.45, 2.75) is 68.2 Å². The van der Waals surface area contributed by atoms with Gasteiger partial charge in [0.25, 0.3) is 0 Å². The third-order valence-corrected chi connectivity index (χ3v) is 9.40. The van der Waals surface area contributed by atoms with Crippen molar-refractivity contribution in [1.82, 2.24) is 9.55 Å². The summed E-state index contributed by atoms with van der Waals surface area (Å²) in [4.78, 5) is 26.8. The van der Waals surface area contributed by atoms with Gasteiger partial charge in [-0.05, 0) is 31.0 Å². The van der Waals surface area contributed by atoms with E-state index in [1.807, 2.05) is 24.3 Å². The van der Waals surface area contributed by atoms with Crippen LogP contribution in [0.1, 0.15) is 45.9 Å². The van der Waals surface area contributed by atoms with Gasteiger partial charge in [0.1, 0.15) is 5.82 Å². The average Bonchev–Trinajstić information content (AvgIpc) is 3.05. The van der Waals surface area contributed by atoms with Crippen molar-refractivity contribution < 1.29 is 27.6 Å². The molecule has 2 heterocycles. The first-order valence-electron chi connectivity index (χ1n) is 11.0. The van der Waals surface area contributed by atoms with Gasteiger partial charge in [0.2, 0.25) is 0 Å². The predicted molar refractivity (Wildman–Crippen MR) is 136 cm³/mol. The lowest BCUT2D eigenvalue weighted by molar-refractivity contribution is -0.0610. The number of halogens is 1. The SMILES string of the molecule is CC(C)(C)SSc1ccccc1CCOP(=O)(O)OC[C@@H]1C[C@@](C)(F)[C@H](n2ccc(N)nc2=O)O1. The normalized spacial score (nSPS) is 24.4. The number of anilines is 1. The van der Waals surface area contributed by atoms with Crippen LogP contribution in [0.2, 0.25) is 0 Å². The van der Waals surface area contributed by atoms with Gasteiger partial charge in [-0.2, -0.15) is 4.98 Å². The monoisotopic (exact) mass is 547 g/mol. The van der Waals surface area contributed by atoms with Gasteiger partial charge in [-0.25, -0.2) is 13.8 Å². The lowest BCUT2D eigenvalue weighted by Crippen LogP contribution is -2.35. The minimum absolute atomic E-state index is 0.0113. The number of nitrogens with two attached hydrogens (primary N) is 1. The topological polar surface area (TPSA) is 126 Å². The van der Waals surface area contributed by atoms with Crippen LogP contribution in [0.4, 0.5) is 10.2 Å². The molecule has 35 heavy (non-hydrogen) atoms. The Kier molecular flexibility index (Phi) is 9.12. The molecule has 0 spiro atoms. The predicted octanol–water partition coefficient (Wildman–Crippen LogP) is 4.76. The first kappa shape index (κ1) is 28.2. The summed E-state index contributed by atoms with van der Waals surface area (Å²) in [5, 5.41) is 0. The number of phosphoric ester groups is 1. The maximum atomic E-state index is 15.1. The van der Waals surface area contributed by atoms with Gasteiger partial charge >= 0.3 is 13.5 Å². The molecule has 1 fully saturated rings. The molecule has 1 saturated heterocycles. The van der Waals surface area contributed by atoms with E-state index < -0.39 is 31.5 Å². The molecular formula is C22H31FN3O6PS2. The van der Waals surface area contributed by atoms with E-state index in [2.05, 4.69) is 25.8 Å².